The zero-order chi connectivity index (χ0) is 21.5. The normalized spacial score (nSPS) is 20.5. The van der Waals surface area contributed by atoms with Crippen LogP contribution in [0.3, 0.4) is 0 Å². The Kier molecular flexibility index (Phi) is 4.99. The average molecular weight is 451 g/mol. The first-order valence-electron chi connectivity index (χ1n) is 8.54. The molecule has 7 N–H and O–H groups in total. The Morgan fingerprint density at radius 1 is 1.23 bits per heavy atom. The monoisotopic (exact) mass is 451 g/mol. The number of hydrogen-bond donors (Lipinski definition) is 5. The van der Waals surface area contributed by atoms with Crippen molar-refractivity contribution in [3.8, 4) is 22.5 Å². The van der Waals surface area contributed by atoms with E-state index in [0.717, 1.165) is 0 Å². The number of fused-ring (bicyclic) bond motifs is 1. The van der Waals surface area contributed by atoms with Crippen molar-refractivity contribution in [2.75, 3.05) is 18.8 Å². The lowest BCUT2D eigenvalue weighted by Crippen LogP contribution is -2.35. The molecule has 2 atom stereocenters. The number of H-pyrrole nitrogens is 1. The van der Waals surface area contributed by atoms with Crippen molar-refractivity contribution in [1.82, 2.24) is 30.3 Å². The number of nitrogens with one attached hydrogen (secondary N) is 2. The molecule has 0 spiro atoms. The molecule has 0 saturated heterocycles. The molecule has 0 bridgehead atoms. The minimum absolute atomic E-state index is 0.0262. The van der Waals surface area contributed by atoms with E-state index in [9.17, 15) is 17.7 Å². The summed E-state index contributed by atoms with van der Waals surface area (Å²) in [5.41, 5.74) is 12.2. The second-order valence-corrected chi connectivity index (χ2v) is 10.1. The zero-order valence-corrected chi connectivity index (χ0v) is 16.9. The lowest BCUT2D eigenvalue weighted by atomic mass is 10.00. The van der Waals surface area contributed by atoms with Crippen molar-refractivity contribution in [2.24, 2.45) is 9.50 Å². The number of sulfonamides is 1. The van der Waals surface area contributed by atoms with Gasteiger partial charge in [-0.25, -0.2) is 13.9 Å². The van der Waals surface area contributed by atoms with Crippen molar-refractivity contribution >= 4 is 25.8 Å². The number of nitrogens with two attached hydrogens (primary N) is 2. The third-order valence-corrected chi connectivity index (χ3v) is 8.52. The minimum Gasteiger partial charge on any atom is -0.390 e. The highest BCUT2D eigenvalue weighted by atomic mass is 32.3. The van der Waals surface area contributed by atoms with Crippen molar-refractivity contribution in [3.63, 3.8) is 0 Å². The fourth-order valence-corrected chi connectivity index (χ4v) is 7.55. The highest BCUT2D eigenvalue weighted by Gasteiger charge is 2.39. The molecule has 1 unspecified atom stereocenters. The Labute approximate surface area is 171 Å². The van der Waals surface area contributed by atoms with E-state index < -0.39 is 26.0 Å². The molecule has 2 aromatic heterocycles. The van der Waals surface area contributed by atoms with E-state index in [4.69, 9.17) is 11.5 Å². The number of benzene rings is 1. The van der Waals surface area contributed by atoms with E-state index in [0.29, 0.717) is 11.1 Å². The lowest BCUT2D eigenvalue weighted by Gasteiger charge is -2.14. The molecule has 3 heterocycles. The second kappa shape index (κ2) is 7.37. The van der Waals surface area contributed by atoms with Crippen LogP contribution in [0.5, 0.6) is 0 Å². The van der Waals surface area contributed by atoms with Gasteiger partial charge in [0.05, 0.1) is 16.6 Å². The smallest absolute Gasteiger partial charge is 0.293 e. The summed E-state index contributed by atoms with van der Waals surface area (Å²) in [7, 11) is -7.96. The fraction of sp³-hybridized carbons (Fsp3) is 0.200. The number of nitrogen functional groups attached to an aromatic ring is 1. The van der Waals surface area contributed by atoms with Gasteiger partial charge in [0.15, 0.2) is 9.92 Å². The Morgan fingerprint density at radius 2 is 2.03 bits per heavy atom. The van der Waals surface area contributed by atoms with E-state index in [1.807, 2.05) is 0 Å². The first kappa shape index (κ1) is 20.3. The van der Waals surface area contributed by atoms with Crippen molar-refractivity contribution in [2.45, 2.75) is 15.9 Å². The highest BCUT2D eigenvalue weighted by Crippen LogP contribution is 2.43. The Morgan fingerprint density at radius 3 is 2.70 bits per heavy atom. The molecule has 13 nitrogen and oxygen atoms in total. The van der Waals surface area contributed by atoms with Gasteiger partial charge < -0.3 is 16.6 Å². The number of aromatic amines is 1. The van der Waals surface area contributed by atoms with Gasteiger partial charge in [-0.05, 0) is 34.5 Å². The zero-order valence-electron chi connectivity index (χ0n) is 15.3. The van der Waals surface area contributed by atoms with Crippen LogP contribution >= 0.6 is 0 Å². The van der Waals surface area contributed by atoms with Crippen molar-refractivity contribution in [3.05, 3.63) is 30.5 Å². The van der Waals surface area contributed by atoms with E-state index >= 15 is 0 Å². The third-order valence-electron chi connectivity index (χ3n) is 4.33. The van der Waals surface area contributed by atoms with Gasteiger partial charge in [-0.1, -0.05) is 9.83 Å². The van der Waals surface area contributed by atoms with Crippen LogP contribution in [-0.4, -0.2) is 62.5 Å². The van der Waals surface area contributed by atoms with E-state index in [1.54, 1.807) is 18.2 Å². The van der Waals surface area contributed by atoms with E-state index in [1.165, 1.54) is 12.3 Å². The minimum atomic E-state index is -4.36. The molecule has 1 aromatic carbocycles. The van der Waals surface area contributed by atoms with Crippen LogP contribution in [0, 0.1) is 0 Å². The summed E-state index contributed by atoms with van der Waals surface area (Å²) in [6.07, 6.45) is 0.441. The van der Waals surface area contributed by atoms with Crippen LogP contribution < -0.4 is 16.2 Å². The number of nitrogens with zero attached hydrogens (tertiary/aromatic N) is 5. The molecule has 4 rings (SSSR count). The van der Waals surface area contributed by atoms with E-state index in [-0.39, 0.29) is 40.1 Å². The molecule has 158 valence electrons. The van der Waals surface area contributed by atoms with Crippen LogP contribution in [0.2, 0.25) is 0 Å². The summed E-state index contributed by atoms with van der Waals surface area (Å²) in [6, 6.07) is 6.14. The molecule has 1 aliphatic heterocycles. The number of anilines is 1. The maximum absolute atomic E-state index is 13.4. The fourth-order valence-electron chi connectivity index (χ4n) is 3.00. The van der Waals surface area contributed by atoms with Crippen molar-refractivity contribution < 1.29 is 17.7 Å². The number of aromatic nitrogens is 5. The summed E-state index contributed by atoms with van der Waals surface area (Å²) in [4.78, 5) is 3.55. The lowest BCUT2D eigenvalue weighted by molar-refractivity contribution is 0.187. The predicted molar refractivity (Wildman–Crippen MR) is 106 cm³/mol. The Bertz CT molecular complexity index is 1330. The van der Waals surface area contributed by atoms with Gasteiger partial charge in [-0.15, -0.1) is 10.2 Å². The van der Waals surface area contributed by atoms with Gasteiger partial charge >= 0.3 is 0 Å². The summed E-state index contributed by atoms with van der Waals surface area (Å²) < 4.78 is 45.4. The molecule has 0 saturated carbocycles. The van der Waals surface area contributed by atoms with Crippen LogP contribution in [-0.2, 0) is 19.9 Å². The Balaban J connectivity index is 1.98. The molecular formula is C15H17N9O4S2. The number of aliphatic hydroxyl groups excluding tert-OH is 1. The summed E-state index contributed by atoms with van der Waals surface area (Å²) in [6.45, 7) is -0.313. The van der Waals surface area contributed by atoms with Crippen LogP contribution in [0.15, 0.2) is 44.0 Å². The average Bonchev–Trinajstić information content (AvgIpc) is 3.31. The van der Waals surface area contributed by atoms with Gasteiger partial charge in [0.2, 0.25) is 5.82 Å². The molecule has 30 heavy (non-hydrogen) atoms. The molecular weight excluding hydrogens is 434 g/mol. The Hall–Kier alpha value is -2.98. The quantitative estimate of drug-likeness (QED) is 0.303. The second-order valence-electron chi connectivity index (χ2n) is 6.33. The van der Waals surface area contributed by atoms with Gasteiger partial charge in [-0.2, -0.15) is 13.6 Å². The molecule has 0 fully saturated rings. The van der Waals surface area contributed by atoms with Gasteiger partial charge in [0, 0.05) is 19.3 Å². The molecule has 15 heteroatoms. The summed E-state index contributed by atoms with van der Waals surface area (Å²) >= 11 is 0. The number of rotatable bonds is 6. The maximum Gasteiger partial charge on any atom is 0.293 e. The number of pyridine rings is 1. The molecule has 0 aliphatic carbocycles. The number of hydrogen-bond acceptors (Lipinski definition) is 10. The molecule has 1 aliphatic rings. The first-order chi connectivity index (χ1) is 14.2. The standard InChI is InChI=1S/C15H17N9O4S2/c16-6-9(25)7-19-29(26)11-2-1-10(8-3-4-18-12(17)5-8)13(15-20-22-23-21-15)14(11)30(27,28)24-29/h1-5,9,25H,6-7,16H2,(H2,17,18)(H,19,24,26)(H,20,21,22,23)/t9-,29?/m0/s1. The van der Waals surface area contributed by atoms with Gasteiger partial charge in [-0.3, -0.25) is 0 Å². The van der Waals surface area contributed by atoms with E-state index in [2.05, 4.69) is 34.1 Å². The van der Waals surface area contributed by atoms with Gasteiger partial charge in [0.1, 0.15) is 10.7 Å². The first-order valence-corrected chi connectivity index (χ1v) is 11.5. The number of aliphatic hydroxyl groups is 1. The van der Waals surface area contributed by atoms with Crippen LogP contribution in [0.1, 0.15) is 0 Å². The molecule has 3 aromatic rings. The van der Waals surface area contributed by atoms with Crippen molar-refractivity contribution in [1.29, 1.82) is 0 Å². The number of tetrazole rings is 1. The van der Waals surface area contributed by atoms with Gasteiger partial charge in [0.25, 0.3) is 10.0 Å². The van der Waals surface area contributed by atoms with Crippen LogP contribution in [0.25, 0.3) is 22.5 Å². The maximum atomic E-state index is 13.4. The summed E-state index contributed by atoms with van der Waals surface area (Å²) in [5.74, 6) is 0.197. The topological polar surface area (TPSA) is 215 Å². The van der Waals surface area contributed by atoms with Crippen LogP contribution in [0.4, 0.5) is 5.82 Å². The molecule has 0 radical (unpaired) electrons. The SMILES string of the molecule is NC[C@H](O)CNS1(=O)=NS(=O)(=O)c2c1ccc(-c1ccnc(N)c1)c2-c1nn[nH]n1. The summed E-state index contributed by atoms with van der Waals surface area (Å²) in [5, 5.41) is 23.3. The largest absolute Gasteiger partial charge is 0.390 e. The predicted octanol–water partition coefficient (Wildman–Crippen LogP) is -1.14. The molecule has 0 amide bonds. The third kappa shape index (κ3) is 3.41. The highest BCUT2D eigenvalue weighted by molar-refractivity contribution is 8.05.